The molecule has 4 heteroatoms. The van der Waals surface area contributed by atoms with Crippen molar-refractivity contribution in [2.75, 3.05) is 40.5 Å². The molecule has 0 aromatic rings. The molecule has 0 unspecified atom stereocenters. The number of hydrogen-bond donors (Lipinski definition) is 0. The molecule has 0 aromatic carbocycles. The molecule has 0 amide bonds. The lowest BCUT2D eigenvalue weighted by Crippen LogP contribution is -2.25. The maximum atomic E-state index is 5.44. The Morgan fingerprint density at radius 2 is 1.85 bits per heavy atom. The van der Waals surface area contributed by atoms with Crippen molar-refractivity contribution >= 4 is 6.92 Å². The zero-order valence-corrected chi connectivity index (χ0v) is 9.38. The van der Waals surface area contributed by atoms with Crippen molar-refractivity contribution in [2.24, 2.45) is 0 Å². The number of methoxy groups -OCH3 is 1. The molecule has 3 nitrogen and oxygen atoms in total. The molecule has 0 aromatic heterocycles. The van der Waals surface area contributed by atoms with Gasteiger partial charge in [-0.05, 0) is 13.5 Å². The van der Waals surface area contributed by atoms with Crippen LogP contribution in [0.4, 0.5) is 0 Å². The van der Waals surface area contributed by atoms with Crippen LogP contribution in [0.2, 0.25) is 13.6 Å². The summed E-state index contributed by atoms with van der Waals surface area (Å²) in [5.41, 5.74) is 0. The first-order chi connectivity index (χ1) is 6.16. The van der Waals surface area contributed by atoms with Crippen LogP contribution in [0.25, 0.3) is 0 Å². The van der Waals surface area contributed by atoms with Gasteiger partial charge in [-0.25, -0.2) is 0 Å². The predicted molar refractivity (Wildman–Crippen MR) is 57.4 cm³/mol. The monoisotopic (exact) mass is 187 g/mol. The third kappa shape index (κ3) is 9.86. The average molecular weight is 187 g/mol. The van der Waals surface area contributed by atoms with Crippen LogP contribution in [0.3, 0.4) is 0 Å². The Hall–Kier alpha value is -0.0551. The van der Waals surface area contributed by atoms with Crippen molar-refractivity contribution in [3.63, 3.8) is 0 Å². The van der Waals surface area contributed by atoms with Gasteiger partial charge in [-0.3, -0.25) is 0 Å². The van der Waals surface area contributed by atoms with Gasteiger partial charge in [0.25, 0.3) is 6.92 Å². The van der Waals surface area contributed by atoms with E-state index in [2.05, 4.69) is 25.6 Å². The molecule has 0 saturated heterocycles. The quantitative estimate of drug-likeness (QED) is 0.421. The number of nitrogens with zero attached hydrogens (tertiary/aromatic N) is 1. The summed E-state index contributed by atoms with van der Waals surface area (Å²) in [4.78, 5) is 2.26. The number of ether oxygens (including phenoxy) is 1. The third-order valence-electron chi connectivity index (χ3n) is 1.81. The van der Waals surface area contributed by atoms with Crippen LogP contribution in [0.1, 0.15) is 6.42 Å². The second-order valence-corrected chi connectivity index (χ2v) is 3.57. The van der Waals surface area contributed by atoms with Crippen molar-refractivity contribution in [2.45, 2.75) is 20.1 Å². The van der Waals surface area contributed by atoms with E-state index in [9.17, 15) is 0 Å². The van der Waals surface area contributed by atoms with E-state index in [0.29, 0.717) is 6.92 Å². The molecule has 0 aliphatic heterocycles. The Balaban J connectivity index is 3.12. The number of likely N-dealkylation sites (N-methyl/N-ethyl adjacent to an activating group) is 1. The Kier molecular flexibility index (Phi) is 8.50. The lowest BCUT2D eigenvalue weighted by molar-refractivity contribution is 0.157. The smallest absolute Gasteiger partial charge is 0.286 e. The molecular formula is C9H22BNO2. The van der Waals surface area contributed by atoms with Gasteiger partial charge in [0, 0.05) is 26.8 Å². The zero-order chi connectivity index (χ0) is 10.1. The molecule has 0 atom stereocenters. The molecule has 0 fully saturated rings. The Bertz CT molecular complexity index is 112. The molecule has 0 heterocycles. The fourth-order valence-corrected chi connectivity index (χ4v) is 1.01. The van der Waals surface area contributed by atoms with E-state index in [1.54, 1.807) is 7.11 Å². The van der Waals surface area contributed by atoms with Crippen LogP contribution >= 0.6 is 0 Å². The highest BCUT2D eigenvalue weighted by atomic mass is 16.5. The Morgan fingerprint density at radius 3 is 2.38 bits per heavy atom. The van der Waals surface area contributed by atoms with Gasteiger partial charge in [0.2, 0.25) is 0 Å². The lowest BCUT2D eigenvalue weighted by Gasteiger charge is -2.15. The first-order valence-corrected chi connectivity index (χ1v) is 4.96. The summed E-state index contributed by atoms with van der Waals surface area (Å²) >= 11 is 0. The van der Waals surface area contributed by atoms with Gasteiger partial charge in [-0.2, -0.15) is 0 Å². The van der Waals surface area contributed by atoms with Gasteiger partial charge < -0.3 is 14.3 Å². The van der Waals surface area contributed by atoms with E-state index in [1.807, 2.05) is 0 Å². The molecule has 78 valence electrons. The van der Waals surface area contributed by atoms with Crippen LogP contribution in [0.5, 0.6) is 0 Å². The van der Waals surface area contributed by atoms with Crippen LogP contribution in [-0.4, -0.2) is 52.3 Å². The molecule has 0 rings (SSSR count). The SMILES string of the molecule is COCCN(C)CCCOB(C)C. The van der Waals surface area contributed by atoms with Gasteiger partial charge in [-0.1, -0.05) is 13.6 Å². The number of hydrogen-bond acceptors (Lipinski definition) is 3. The summed E-state index contributed by atoms with van der Waals surface area (Å²) in [6, 6.07) is 0. The van der Waals surface area contributed by atoms with E-state index < -0.39 is 0 Å². The second-order valence-electron chi connectivity index (χ2n) is 3.57. The summed E-state index contributed by atoms with van der Waals surface area (Å²) in [6.07, 6.45) is 1.10. The van der Waals surface area contributed by atoms with E-state index in [4.69, 9.17) is 9.39 Å². The van der Waals surface area contributed by atoms with Crippen LogP contribution in [0, 0.1) is 0 Å². The van der Waals surface area contributed by atoms with Crippen LogP contribution in [0.15, 0.2) is 0 Å². The van der Waals surface area contributed by atoms with Gasteiger partial charge in [-0.15, -0.1) is 0 Å². The highest BCUT2D eigenvalue weighted by Gasteiger charge is 2.00. The molecule has 0 radical (unpaired) electrons. The fourth-order valence-electron chi connectivity index (χ4n) is 1.01. The maximum absolute atomic E-state index is 5.44. The van der Waals surface area contributed by atoms with Gasteiger partial charge >= 0.3 is 0 Å². The highest BCUT2D eigenvalue weighted by molar-refractivity contribution is 6.48. The molecule has 0 N–H and O–H groups in total. The standard InChI is InChI=1S/C9H22BNO2/c1-10(2)13-8-5-6-11(3)7-9-12-4/h5-9H2,1-4H3. The molecule has 0 bridgehead atoms. The number of rotatable bonds is 8. The normalized spacial score (nSPS) is 10.8. The van der Waals surface area contributed by atoms with E-state index in [-0.39, 0.29) is 0 Å². The largest absolute Gasteiger partial charge is 0.436 e. The summed E-state index contributed by atoms with van der Waals surface area (Å²) < 4.78 is 10.4. The lowest BCUT2D eigenvalue weighted by atomic mass is 9.75. The van der Waals surface area contributed by atoms with Crippen LogP contribution < -0.4 is 0 Å². The minimum absolute atomic E-state index is 0.351. The van der Waals surface area contributed by atoms with Crippen molar-refractivity contribution in [3.05, 3.63) is 0 Å². The fraction of sp³-hybridized carbons (Fsp3) is 1.00. The molecule has 0 aliphatic rings. The molecule has 0 saturated carbocycles. The second kappa shape index (κ2) is 8.54. The van der Waals surface area contributed by atoms with Crippen molar-refractivity contribution in [1.29, 1.82) is 0 Å². The van der Waals surface area contributed by atoms with E-state index >= 15 is 0 Å². The summed E-state index contributed by atoms with van der Waals surface area (Å²) in [5, 5.41) is 0. The Labute approximate surface area is 82.5 Å². The van der Waals surface area contributed by atoms with E-state index in [1.165, 1.54) is 0 Å². The van der Waals surface area contributed by atoms with Crippen molar-refractivity contribution < 1.29 is 9.39 Å². The molecule has 0 aliphatic carbocycles. The minimum Gasteiger partial charge on any atom is -0.436 e. The van der Waals surface area contributed by atoms with E-state index in [0.717, 1.165) is 32.7 Å². The molecule has 13 heavy (non-hydrogen) atoms. The summed E-state index contributed by atoms with van der Waals surface area (Å²) in [6.45, 7) is 8.22. The first kappa shape index (κ1) is 12.9. The van der Waals surface area contributed by atoms with Gasteiger partial charge in [0.05, 0.1) is 6.61 Å². The van der Waals surface area contributed by atoms with Crippen molar-refractivity contribution in [1.82, 2.24) is 4.90 Å². The molecule has 0 spiro atoms. The highest BCUT2D eigenvalue weighted by Crippen LogP contribution is 1.91. The Morgan fingerprint density at radius 1 is 1.15 bits per heavy atom. The maximum Gasteiger partial charge on any atom is 0.286 e. The van der Waals surface area contributed by atoms with Gasteiger partial charge in [0.1, 0.15) is 0 Å². The summed E-state index contributed by atoms with van der Waals surface area (Å²) in [5.74, 6) is 0. The zero-order valence-electron chi connectivity index (χ0n) is 9.38. The summed E-state index contributed by atoms with van der Waals surface area (Å²) in [7, 11) is 3.84. The van der Waals surface area contributed by atoms with Gasteiger partial charge in [0.15, 0.2) is 0 Å². The van der Waals surface area contributed by atoms with Crippen LogP contribution in [-0.2, 0) is 9.39 Å². The average Bonchev–Trinajstić information content (AvgIpc) is 2.08. The predicted octanol–water partition coefficient (Wildman–Crippen LogP) is 1.22. The topological polar surface area (TPSA) is 21.7 Å². The molecular weight excluding hydrogens is 165 g/mol. The third-order valence-corrected chi connectivity index (χ3v) is 1.81. The minimum atomic E-state index is 0.351. The first-order valence-electron chi connectivity index (χ1n) is 4.96. The van der Waals surface area contributed by atoms with Crippen molar-refractivity contribution in [3.8, 4) is 0 Å².